The molecule has 0 unspecified atom stereocenters. The highest BCUT2D eigenvalue weighted by molar-refractivity contribution is 8.13. The number of rotatable bonds is 1. The number of nitrogens with zero attached hydrogens (tertiary/aromatic N) is 1. The van der Waals surface area contributed by atoms with Gasteiger partial charge in [-0.15, -0.1) is 0 Å². The first-order chi connectivity index (χ1) is 8.06. The first-order valence-electron chi connectivity index (χ1n) is 5.45. The van der Waals surface area contributed by atoms with E-state index in [1.165, 1.54) is 12.1 Å². The lowest BCUT2D eigenvalue weighted by atomic mass is 9.85. The molecule has 1 aromatic carbocycles. The van der Waals surface area contributed by atoms with Crippen LogP contribution in [-0.4, -0.2) is 21.4 Å². The molecule has 0 aliphatic carbocycles. The Balaban J connectivity index is 2.81. The summed E-state index contributed by atoms with van der Waals surface area (Å²) in [4.78, 5) is 13.7. The highest BCUT2D eigenvalue weighted by Gasteiger charge is 2.43. The Hall–Kier alpha value is -1.07. The molecule has 2 rings (SSSR count). The molecule has 1 aliphatic heterocycles. The van der Waals surface area contributed by atoms with E-state index in [0.717, 1.165) is 11.3 Å². The van der Waals surface area contributed by atoms with Gasteiger partial charge in [-0.3, -0.25) is 4.79 Å². The van der Waals surface area contributed by atoms with Crippen LogP contribution in [0.3, 0.4) is 0 Å². The Bertz CT molecular complexity index is 650. The van der Waals surface area contributed by atoms with E-state index in [9.17, 15) is 13.2 Å². The normalized spacial score (nSPS) is 18.1. The summed E-state index contributed by atoms with van der Waals surface area (Å²) in [6.45, 7) is 5.33. The number of anilines is 1. The maximum Gasteiger partial charge on any atom is 0.261 e. The van der Waals surface area contributed by atoms with Crippen LogP contribution in [-0.2, 0) is 19.3 Å². The third-order valence-electron chi connectivity index (χ3n) is 3.40. The van der Waals surface area contributed by atoms with Crippen LogP contribution in [0.5, 0.6) is 0 Å². The molecular formula is C12H14ClNO3S. The van der Waals surface area contributed by atoms with Crippen LogP contribution in [0.1, 0.15) is 25.0 Å². The molecule has 0 saturated heterocycles. The molecule has 0 aromatic heterocycles. The van der Waals surface area contributed by atoms with Crippen molar-refractivity contribution in [2.45, 2.75) is 31.1 Å². The van der Waals surface area contributed by atoms with Crippen LogP contribution < -0.4 is 4.90 Å². The molecular weight excluding hydrogens is 274 g/mol. The molecule has 1 aliphatic rings. The van der Waals surface area contributed by atoms with Crippen molar-refractivity contribution in [1.29, 1.82) is 0 Å². The minimum absolute atomic E-state index is 0.0385. The largest absolute Gasteiger partial charge is 0.314 e. The summed E-state index contributed by atoms with van der Waals surface area (Å²) in [5, 5.41) is 0. The van der Waals surface area contributed by atoms with Crippen molar-refractivity contribution in [2.24, 2.45) is 0 Å². The maximum atomic E-state index is 12.1. The molecule has 0 fully saturated rings. The Labute approximate surface area is 111 Å². The predicted molar refractivity (Wildman–Crippen MR) is 70.7 cm³/mol. The summed E-state index contributed by atoms with van der Waals surface area (Å²) in [6, 6.07) is 2.98. The van der Waals surface area contributed by atoms with Crippen molar-refractivity contribution in [3.63, 3.8) is 0 Å². The average molecular weight is 288 g/mol. The molecule has 18 heavy (non-hydrogen) atoms. The molecule has 1 aromatic rings. The fraction of sp³-hybridized carbons (Fsp3) is 0.417. The van der Waals surface area contributed by atoms with Crippen molar-refractivity contribution >= 4 is 31.3 Å². The molecule has 0 saturated carbocycles. The topological polar surface area (TPSA) is 54.5 Å². The maximum absolute atomic E-state index is 12.1. The minimum Gasteiger partial charge on any atom is -0.314 e. The van der Waals surface area contributed by atoms with E-state index in [-0.39, 0.29) is 10.8 Å². The van der Waals surface area contributed by atoms with E-state index in [4.69, 9.17) is 10.7 Å². The van der Waals surface area contributed by atoms with E-state index in [1.807, 2.05) is 0 Å². The van der Waals surface area contributed by atoms with Crippen LogP contribution in [0.2, 0.25) is 0 Å². The quantitative estimate of drug-likeness (QED) is 0.744. The minimum atomic E-state index is -3.79. The van der Waals surface area contributed by atoms with Gasteiger partial charge < -0.3 is 4.90 Å². The number of halogens is 1. The van der Waals surface area contributed by atoms with Gasteiger partial charge in [0.15, 0.2) is 0 Å². The smallest absolute Gasteiger partial charge is 0.261 e. The van der Waals surface area contributed by atoms with Crippen molar-refractivity contribution in [2.75, 3.05) is 11.9 Å². The van der Waals surface area contributed by atoms with Gasteiger partial charge in [-0.1, -0.05) is 0 Å². The van der Waals surface area contributed by atoms with Gasteiger partial charge >= 0.3 is 0 Å². The Morgan fingerprint density at radius 1 is 1.28 bits per heavy atom. The van der Waals surface area contributed by atoms with Crippen molar-refractivity contribution < 1.29 is 13.2 Å². The highest BCUT2D eigenvalue weighted by Crippen LogP contribution is 2.44. The fourth-order valence-corrected chi connectivity index (χ4v) is 3.29. The average Bonchev–Trinajstić information content (AvgIpc) is 2.40. The molecule has 98 valence electrons. The van der Waals surface area contributed by atoms with E-state index < -0.39 is 14.5 Å². The summed E-state index contributed by atoms with van der Waals surface area (Å²) < 4.78 is 22.9. The summed E-state index contributed by atoms with van der Waals surface area (Å²) in [6.07, 6.45) is 0. The number of fused-ring (bicyclic) bond motifs is 1. The van der Waals surface area contributed by atoms with E-state index in [0.29, 0.717) is 5.56 Å². The second-order valence-electron chi connectivity index (χ2n) is 5.06. The van der Waals surface area contributed by atoms with Crippen LogP contribution in [0, 0.1) is 6.92 Å². The Kier molecular flexibility index (Phi) is 2.76. The SMILES string of the molecule is Cc1cc(S(=O)(=O)Cl)cc2c1N(C)C(=O)C2(C)C. The molecule has 6 heteroatoms. The van der Waals surface area contributed by atoms with Crippen molar-refractivity contribution in [3.05, 3.63) is 23.3 Å². The first kappa shape index (κ1) is 13.4. The molecule has 4 nitrogen and oxygen atoms in total. The van der Waals surface area contributed by atoms with Crippen molar-refractivity contribution in [1.82, 2.24) is 0 Å². The molecule has 0 bridgehead atoms. The van der Waals surface area contributed by atoms with Gasteiger partial charge in [0, 0.05) is 17.7 Å². The van der Waals surface area contributed by atoms with Gasteiger partial charge in [0.1, 0.15) is 0 Å². The van der Waals surface area contributed by atoms with Gasteiger partial charge in [0.2, 0.25) is 5.91 Å². The number of carbonyl (C=O) groups is 1. The lowest BCUT2D eigenvalue weighted by molar-refractivity contribution is -0.121. The van der Waals surface area contributed by atoms with E-state index in [2.05, 4.69) is 0 Å². The highest BCUT2D eigenvalue weighted by atomic mass is 35.7. The van der Waals surface area contributed by atoms with Crippen LogP contribution in [0.15, 0.2) is 17.0 Å². The van der Waals surface area contributed by atoms with E-state index in [1.54, 1.807) is 32.7 Å². The van der Waals surface area contributed by atoms with Gasteiger partial charge in [0.25, 0.3) is 9.05 Å². The fourth-order valence-electron chi connectivity index (χ4n) is 2.44. The third-order valence-corrected chi connectivity index (χ3v) is 4.74. The number of amides is 1. The number of carbonyl (C=O) groups excluding carboxylic acids is 1. The monoisotopic (exact) mass is 287 g/mol. The van der Waals surface area contributed by atoms with Crippen molar-refractivity contribution in [3.8, 4) is 0 Å². The summed E-state index contributed by atoms with van der Waals surface area (Å²) in [7, 11) is 3.27. The molecule has 0 N–H and O–H groups in total. The summed E-state index contributed by atoms with van der Waals surface area (Å²) in [5.74, 6) is -0.0512. The number of aryl methyl sites for hydroxylation is 1. The standard InChI is InChI=1S/C12H14ClNO3S/c1-7-5-8(18(13,16)17)6-9-10(7)14(4)11(15)12(9,2)3/h5-6H,1-4H3. The molecule has 0 atom stereocenters. The zero-order valence-electron chi connectivity index (χ0n) is 10.6. The zero-order chi connectivity index (χ0) is 13.9. The van der Waals surface area contributed by atoms with Crippen LogP contribution in [0.25, 0.3) is 0 Å². The zero-order valence-corrected chi connectivity index (χ0v) is 12.2. The van der Waals surface area contributed by atoms with Gasteiger partial charge in [-0.25, -0.2) is 8.42 Å². The van der Waals surface area contributed by atoms with Crippen LogP contribution in [0.4, 0.5) is 5.69 Å². The Morgan fingerprint density at radius 3 is 2.33 bits per heavy atom. The molecule has 0 spiro atoms. The van der Waals surface area contributed by atoms with Crippen LogP contribution >= 0.6 is 10.7 Å². The molecule has 1 heterocycles. The second kappa shape index (κ2) is 3.71. The lowest BCUT2D eigenvalue weighted by Crippen LogP contribution is -2.33. The second-order valence-corrected chi connectivity index (χ2v) is 7.63. The molecule has 0 radical (unpaired) electrons. The summed E-state index contributed by atoms with van der Waals surface area (Å²) in [5.41, 5.74) is 1.48. The van der Waals surface area contributed by atoms with Gasteiger partial charge in [0.05, 0.1) is 16.0 Å². The number of benzene rings is 1. The number of hydrogen-bond acceptors (Lipinski definition) is 3. The lowest BCUT2D eigenvalue weighted by Gasteiger charge is -2.16. The van der Waals surface area contributed by atoms with E-state index >= 15 is 0 Å². The predicted octanol–water partition coefficient (Wildman–Crippen LogP) is 2.18. The summed E-state index contributed by atoms with van der Waals surface area (Å²) >= 11 is 0. The third kappa shape index (κ3) is 1.73. The number of hydrogen-bond donors (Lipinski definition) is 0. The Morgan fingerprint density at radius 2 is 1.83 bits per heavy atom. The number of likely N-dealkylation sites (N-methyl/N-ethyl adjacent to an activating group) is 1. The van der Waals surface area contributed by atoms with Gasteiger partial charge in [-0.05, 0) is 44.0 Å². The molecule has 1 amide bonds. The van der Waals surface area contributed by atoms with Gasteiger partial charge in [-0.2, -0.15) is 0 Å². The first-order valence-corrected chi connectivity index (χ1v) is 7.75.